The predicted octanol–water partition coefficient (Wildman–Crippen LogP) is 2.32. The lowest BCUT2D eigenvalue weighted by atomic mass is 9.96. The van der Waals surface area contributed by atoms with E-state index in [9.17, 15) is 4.79 Å². The van der Waals surface area contributed by atoms with E-state index in [1.807, 2.05) is 31.1 Å². The third-order valence-electron chi connectivity index (χ3n) is 4.93. The molecular formula is C20H33N3O2. The van der Waals surface area contributed by atoms with Crippen LogP contribution < -0.4 is 4.74 Å². The van der Waals surface area contributed by atoms with Crippen LogP contribution >= 0.6 is 0 Å². The Morgan fingerprint density at radius 3 is 2.72 bits per heavy atom. The van der Waals surface area contributed by atoms with Crippen LogP contribution in [0.2, 0.25) is 0 Å². The number of methoxy groups -OCH3 is 1. The van der Waals surface area contributed by atoms with Crippen LogP contribution in [0.25, 0.3) is 0 Å². The lowest BCUT2D eigenvalue weighted by Crippen LogP contribution is -2.43. The summed E-state index contributed by atoms with van der Waals surface area (Å²) in [6, 6.07) is 8.24. The van der Waals surface area contributed by atoms with Crippen LogP contribution in [0.5, 0.6) is 5.75 Å². The number of amides is 1. The SMILES string of the molecule is COc1ccccc1CN1CCC[C@H](CN(CCN(C)C)C(C)=O)C1. The molecule has 1 atom stereocenters. The molecule has 0 radical (unpaired) electrons. The summed E-state index contributed by atoms with van der Waals surface area (Å²) >= 11 is 0. The first-order valence-electron chi connectivity index (χ1n) is 9.24. The van der Waals surface area contributed by atoms with Crippen molar-refractivity contribution in [2.45, 2.75) is 26.3 Å². The van der Waals surface area contributed by atoms with E-state index in [-0.39, 0.29) is 5.91 Å². The van der Waals surface area contributed by atoms with E-state index in [0.717, 1.165) is 45.0 Å². The minimum absolute atomic E-state index is 0.184. The van der Waals surface area contributed by atoms with Gasteiger partial charge in [0.25, 0.3) is 0 Å². The van der Waals surface area contributed by atoms with Crippen LogP contribution in [-0.4, -0.2) is 74.5 Å². The quantitative estimate of drug-likeness (QED) is 0.723. The largest absolute Gasteiger partial charge is 0.496 e. The highest BCUT2D eigenvalue weighted by atomic mass is 16.5. The molecule has 5 nitrogen and oxygen atoms in total. The molecule has 2 rings (SSSR count). The summed E-state index contributed by atoms with van der Waals surface area (Å²) < 4.78 is 5.48. The molecule has 0 spiro atoms. The molecule has 0 aromatic heterocycles. The van der Waals surface area contributed by atoms with Gasteiger partial charge in [-0.3, -0.25) is 9.69 Å². The van der Waals surface area contributed by atoms with Gasteiger partial charge in [0, 0.05) is 45.2 Å². The minimum Gasteiger partial charge on any atom is -0.496 e. The van der Waals surface area contributed by atoms with Gasteiger partial charge in [-0.1, -0.05) is 18.2 Å². The van der Waals surface area contributed by atoms with Gasteiger partial charge < -0.3 is 14.5 Å². The zero-order valence-corrected chi connectivity index (χ0v) is 16.2. The summed E-state index contributed by atoms with van der Waals surface area (Å²) in [7, 11) is 5.83. The topological polar surface area (TPSA) is 36.0 Å². The number of benzene rings is 1. The van der Waals surface area contributed by atoms with E-state index in [0.29, 0.717) is 5.92 Å². The summed E-state index contributed by atoms with van der Waals surface area (Å²) in [5.74, 6) is 1.69. The summed E-state index contributed by atoms with van der Waals surface area (Å²) in [6.07, 6.45) is 2.40. The number of likely N-dealkylation sites (tertiary alicyclic amines) is 1. The molecule has 0 N–H and O–H groups in total. The second-order valence-corrected chi connectivity index (χ2v) is 7.32. The molecule has 0 aliphatic carbocycles. The Morgan fingerprint density at radius 1 is 1.28 bits per heavy atom. The van der Waals surface area contributed by atoms with Crippen LogP contribution in [0, 0.1) is 5.92 Å². The van der Waals surface area contributed by atoms with Crippen LogP contribution in [0.3, 0.4) is 0 Å². The molecule has 1 heterocycles. The van der Waals surface area contributed by atoms with Crippen molar-refractivity contribution in [2.75, 3.05) is 53.9 Å². The van der Waals surface area contributed by atoms with E-state index < -0.39 is 0 Å². The number of hydrogen-bond donors (Lipinski definition) is 0. The lowest BCUT2D eigenvalue weighted by Gasteiger charge is -2.36. The van der Waals surface area contributed by atoms with Crippen molar-refractivity contribution in [3.05, 3.63) is 29.8 Å². The standard InChI is InChI=1S/C20H33N3O2/c1-17(24)23(13-12-21(2)3)15-18-8-7-11-22(14-18)16-19-9-5-6-10-20(19)25-4/h5-6,9-10,18H,7-8,11-16H2,1-4H3/t18-/m0/s1. The highest BCUT2D eigenvalue weighted by molar-refractivity contribution is 5.73. The number of rotatable bonds is 8. The Kier molecular flexibility index (Phi) is 7.72. The molecule has 1 aromatic carbocycles. The van der Waals surface area contributed by atoms with Crippen molar-refractivity contribution >= 4 is 5.91 Å². The molecule has 0 unspecified atom stereocenters. The molecule has 0 bridgehead atoms. The molecule has 140 valence electrons. The number of carbonyl (C=O) groups is 1. The Morgan fingerprint density at radius 2 is 2.04 bits per heavy atom. The van der Waals surface area contributed by atoms with E-state index in [1.165, 1.54) is 18.4 Å². The molecule has 0 saturated carbocycles. The Labute approximate surface area is 152 Å². The number of likely N-dealkylation sites (N-methyl/N-ethyl adjacent to an activating group) is 1. The monoisotopic (exact) mass is 347 g/mol. The highest BCUT2D eigenvalue weighted by Crippen LogP contribution is 2.23. The summed E-state index contributed by atoms with van der Waals surface area (Å²) in [5.41, 5.74) is 1.24. The van der Waals surface area contributed by atoms with Gasteiger partial charge in [0.1, 0.15) is 5.75 Å². The van der Waals surface area contributed by atoms with Crippen molar-refractivity contribution in [3.8, 4) is 5.75 Å². The Bertz CT molecular complexity index is 547. The minimum atomic E-state index is 0.184. The Hall–Kier alpha value is -1.59. The third-order valence-corrected chi connectivity index (χ3v) is 4.93. The van der Waals surface area contributed by atoms with Crippen molar-refractivity contribution in [2.24, 2.45) is 5.92 Å². The van der Waals surface area contributed by atoms with Gasteiger partial charge in [0.05, 0.1) is 7.11 Å². The first-order chi connectivity index (χ1) is 12.0. The van der Waals surface area contributed by atoms with Crippen LogP contribution in [-0.2, 0) is 11.3 Å². The average Bonchev–Trinajstić information content (AvgIpc) is 2.59. The van der Waals surface area contributed by atoms with Crippen LogP contribution in [0.15, 0.2) is 24.3 Å². The second kappa shape index (κ2) is 9.78. The van der Waals surface area contributed by atoms with Gasteiger partial charge in [-0.05, 0) is 45.5 Å². The molecule has 5 heteroatoms. The zero-order chi connectivity index (χ0) is 18.2. The Balaban J connectivity index is 1.92. The second-order valence-electron chi connectivity index (χ2n) is 7.32. The summed E-state index contributed by atoms with van der Waals surface area (Å²) in [5, 5.41) is 0. The number of ether oxygens (including phenoxy) is 1. The number of carbonyl (C=O) groups excluding carboxylic acids is 1. The van der Waals surface area contributed by atoms with Crippen molar-refractivity contribution in [1.82, 2.24) is 14.7 Å². The smallest absolute Gasteiger partial charge is 0.219 e. The molecule has 1 amide bonds. The highest BCUT2D eigenvalue weighted by Gasteiger charge is 2.23. The number of hydrogen-bond acceptors (Lipinski definition) is 4. The lowest BCUT2D eigenvalue weighted by molar-refractivity contribution is -0.129. The van der Waals surface area contributed by atoms with E-state index in [2.05, 4.69) is 21.9 Å². The maximum atomic E-state index is 12.0. The molecule has 25 heavy (non-hydrogen) atoms. The third kappa shape index (κ3) is 6.33. The van der Waals surface area contributed by atoms with Gasteiger partial charge in [-0.25, -0.2) is 0 Å². The molecule has 1 aromatic rings. The number of para-hydroxylation sites is 1. The molecule has 1 aliphatic heterocycles. The predicted molar refractivity (Wildman–Crippen MR) is 102 cm³/mol. The fourth-order valence-electron chi connectivity index (χ4n) is 3.53. The maximum Gasteiger partial charge on any atom is 0.219 e. The fraction of sp³-hybridized carbons (Fsp3) is 0.650. The molecule has 1 fully saturated rings. The normalized spacial score (nSPS) is 18.4. The van der Waals surface area contributed by atoms with Crippen molar-refractivity contribution in [3.63, 3.8) is 0 Å². The summed E-state index contributed by atoms with van der Waals surface area (Å²) in [6.45, 7) is 7.35. The first kappa shape index (κ1) is 19.7. The van der Waals surface area contributed by atoms with Crippen molar-refractivity contribution < 1.29 is 9.53 Å². The van der Waals surface area contributed by atoms with E-state index >= 15 is 0 Å². The van der Waals surface area contributed by atoms with Crippen molar-refractivity contribution in [1.29, 1.82) is 0 Å². The van der Waals surface area contributed by atoms with E-state index in [4.69, 9.17) is 4.74 Å². The number of nitrogens with zero attached hydrogens (tertiary/aromatic N) is 3. The summed E-state index contributed by atoms with van der Waals surface area (Å²) in [4.78, 5) is 18.6. The van der Waals surface area contributed by atoms with Gasteiger partial charge >= 0.3 is 0 Å². The van der Waals surface area contributed by atoms with Gasteiger partial charge in [0.15, 0.2) is 0 Å². The zero-order valence-electron chi connectivity index (χ0n) is 16.2. The molecule has 1 aliphatic rings. The molecular weight excluding hydrogens is 314 g/mol. The molecule has 1 saturated heterocycles. The van der Waals surface area contributed by atoms with Crippen LogP contribution in [0.1, 0.15) is 25.3 Å². The number of piperidine rings is 1. The van der Waals surface area contributed by atoms with Gasteiger partial charge in [-0.15, -0.1) is 0 Å². The first-order valence-corrected chi connectivity index (χ1v) is 9.24. The van der Waals surface area contributed by atoms with Gasteiger partial charge in [-0.2, -0.15) is 0 Å². The van der Waals surface area contributed by atoms with Gasteiger partial charge in [0.2, 0.25) is 5.91 Å². The van der Waals surface area contributed by atoms with Crippen LogP contribution in [0.4, 0.5) is 0 Å². The van der Waals surface area contributed by atoms with E-state index in [1.54, 1.807) is 14.0 Å². The average molecular weight is 348 g/mol. The maximum absolute atomic E-state index is 12.0. The fourth-order valence-corrected chi connectivity index (χ4v) is 3.53.